The molecule has 1 rings (SSSR count). The molecule has 17 heavy (non-hydrogen) atoms. The van der Waals surface area contributed by atoms with Gasteiger partial charge in [-0.3, -0.25) is 4.21 Å². The van der Waals surface area contributed by atoms with Crippen molar-refractivity contribution < 1.29 is 8.63 Å². The Labute approximate surface area is 106 Å². The molecular weight excluding hydrogens is 234 g/mol. The van der Waals surface area contributed by atoms with E-state index in [9.17, 15) is 4.21 Å². The molecule has 0 radical (unpaired) electrons. The molecule has 0 saturated carbocycles. The SMILES string of the molecule is CCCNCc1ccc(CS(=O)C(C)(C)C)o1. The Balaban J connectivity index is 2.48. The van der Waals surface area contributed by atoms with Crippen molar-refractivity contribution >= 4 is 10.8 Å². The molecule has 0 aliphatic carbocycles. The van der Waals surface area contributed by atoms with Crippen molar-refractivity contribution in [3.63, 3.8) is 0 Å². The van der Waals surface area contributed by atoms with Crippen molar-refractivity contribution in [3.05, 3.63) is 23.7 Å². The van der Waals surface area contributed by atoms with Crippen LogP contribution in [0.15, 0.2) is 16.5 Å². The van der Waals surface area contributed by atoms with Gasteiger partial charge in [-0.1, -0.05) is 6.92 Å². The lowest BCUT2D eigenvalue weighted by molar-refractivity contribution is 0.457. The van der Waals surface area contributed by atoms with E-state index in [0.717, 1.165) is 31.0 Å². The highest BCUT2D eigenvalue weighted by Gasteiger charge is 2.20. The zero-order valence-corrected chi connectivity index (χ0v) is 12.0. The molecule has 0 spiro atoms. The zero-order valence-electron chi connectivity index (χ0n) is 11.2. The highest BCUT2D eigenvalue weighted by Crippen LogP contribution is 2.17. The smallest absolute Gasteiger partial charge is 0.118 e. The van der Waals surface area contributed by atoms with Crippen LogP contribution in [0, 0.1) is 0 Å². The zero-order chi connectivity index (χ0) is 12.9. The average Bonchev–Trinajstić information content (AvgIpc) is 2.65. The molecule has 1 heterocycles. The third kappa shape index (κ3) is 5.04. The van der Waals surface area contributed by atoms with E-state index in [1.165, 1.54) is 0 Å². The monoisotopic (exact) mass is 257 g/mol. The Morgan fingerprint density at radius 1 is 1.29 bits per heavy atom. The van der Waals surface area contributed by atoms with Gasteiger partial charge in [0.2, 0.25) is 0 Å². The van der Waals surface area contributed by atoms with Crippen molar-refractivity contribution in [1.82, 2.24) is 5.32 Å². The maximum atomic E-state index is 11.9. The van der Waals surface area contributed by atoms with Gasteiger partial charge in [-0.25, -0.2) is 0 Å². The second-order valence-electron chi connectivity index (χ2n) is 5.15. The van der Waals surface area contributed by atoms with E-state index in [4.69, 9.17) is 4.42 Å². The quantitative estimate of drug-likeness (QED) is 0.797. The number of hydrogen-bond donors (Lipinski definition) is 1. The van der Waals surface area contributed by atoms with Crippen molar-refractivity contribution in [2.45, 2.75) is 51.2 Å². The Morgan fingerprint density at radius 3 is 2.53 bits per heavy atom. The summed E-state index contributed by atoms with van der Waals surface area (Å²) in [6.07, 6.45) is 1.11. The first kappa shape index (κ1) is 14.5. The Kier molecular flexibility index (Phi) is 5.40. The summed E-state index contributed by atoms with van der Waals surface area (Å²) in [4.78, 5) is 0. The lowest BCUT2D eigenvalue weighted by Crippen LogP contribution is -2.22. The largest absolute Gasteiger partial charge is 0.464 e. The first-order valence-corrected chi connectivity index (χ1v) is 7.42. The summed E-state index contributed by atoms with van der Waals surface area (Å²) in [7, 11) is -0.896. The molecule has 1 unspecified atom stereocenters. The van der Waals surface area contributed by atoms with E-state index in [-0.39, 0.29) is 4.75 Å². The molecule has 1 aromatic heterocycles. The average molecular weight is 257 g/mol. The summed E-state index contributed by atoms with van der Waals surface area (Å²) in [6.45, 7) is 9.81. The summed E-state index contributed by atoms with van der Waals surface area (Å²) >= 11 is 0. The van der Waals surface area contributed by atoms with Crippen LogP contribution < -0.4 is 5.32 Å². The Morgan fingerprint density at radius 2 is 1.94 bits per heavy atom. The van der Waals surface area contributed by atoms with Crippen LogP contribution in [0.3, 0.4) is 0 Å². The minimum Gasteiger partial charge on any atom is -0.464 e. The van der Waals surface area contributed by atoms with Gasteiger partial charge in [0.15, 0.2) is 0 Å². The fraction of sp³-hybridized carbons (Fsp3) is 0.692. The molecule has 4 heteroatoms. The van der Waals surface area contributed by atoms with E-state index < -0.39 is 10.8 Å². The fourth-order valence-corrected chi connectivity index (χ4v) is 2.18. The standard InChI is InChI=1S/C13H23NO2S/c1-5-8-14-9-11-6-7-12(16-11)10-17(15)13(2,3)4/h6-7,14H,5,8-10H2,1-4H3. The van der Waals surface area contributed by atoms with E-state index in [2.05, 4.69) is 12.2 Å². The van der Waals surface area contributed by atoms with Crippen molar-refractivity contribution in [3.8, 4) is 0 Å². The minimum atomic E-state index is -0.896. The van der Waals surface area contributed by atoms with Crippen LogP contribution in [0.4, 0.5) is 0 Å². The number of nitrogens with one attached hydrogen (secondary N) is 1. The van der Waals surface area contributed by atoms with Gasteiger partial charge in [0.05, 0.1) is 12.3 Å². The van der Waals surface area contributed by atoms with Gasteiger partial charge in [0.1, 0.15) is 11.5 Å². The summed E-state index contributed by atoms with van der Waals surface area (Å²) in [5.74, 6) is 2.22. The second-order valence-corrected chi connectivity index (χ2v) is 7.35. The van der Waals surface area contributed by atoms with E-state index in [1.807, 2.05) is 32.9 Å². The Bertz CT molecular complexity index is 366. The normalized spacial score (nSPS) is 13.9. The first-order valence-electron chi connectivity index (χ1n) is 6.10. The van der Waals surface area contributed by atoms with Crippen molar-refractivity contribution in [1.29, 1.82) is 0 Å². The first-order chi connectivity index (χ1) is 7.93. The summed E-state index contributed by atoms with van der Waals surface area (Å²) in [5, 5.41) is 3.28. The van der Waals surface area contributed by atoms with Crippen LogP contribution in [-0.4, -0.2) is 15.5 Å². The molecule has 0 aromatic carbocycles. The predicted molar refractivity (Wildman–Crippen MR) is 72.3 cm³/mol. The van der Waals surface area contributed by atoms with Crippen LogP contribution in [0.25, 0.3) is 0 Å². The van der Waals surface area contributed by atoms with Gasteiger partial charge in [0, 0.05) is 15.5 Å². The van der Waals surface area contributed by atoms with E-state index in [0.29, 0.717) is 5.75 Å². The van der Waals surface area contributed by atoms with Gasteiger partial charge >= 0.3 is 0 Å². The highest BCUT2D eigenvalue weighted by molar-refractivity contribution is 7.85. The lowest BCUT2D eigenvalue weighted by Gasteiger charge is -2.16. The van der Waals surface area contributed by atoms with Gasteiger partial charge < -0.3 is 9.73 Å². The summed E-state index contributed by atoms with van der Waals surface area (Å²) < 4.78 is 17.4. The van der Waals surface area contributed by atoms with Crippen LogP contribution in [0.1, 0.15) is 45.6 Å². The molecule has 0 bridgehead atoms. The van der Waals surface area contributed by atoms with Crippen LogP contribution in [0.2, 0.25) is 0 Å². The van der Waals surface area contributed by atoms with Crippen LogP contribution in [-0.2, 0) is 23.1 Å². The number of furan rings is 1. The highest BCUT2D eigenvalue weighted by atomic mass is 32.2. The molecule has 0 saturated heterocycles. The van der Waals surface area contributed by atoms with Crippen molar-refractivity contribution in [2.24, 2.45) is 0 Å². The topological polar surface area (TPSA) is 42.2 Å². The molecule has 1 atom stereocenters. The molecule has 0 aliphatic rings. The number of hydrogen-bond acceptors (Lipinski definition) is 3. The Hall–Kier alpha value is -0.610. The van der Waals surface area contributed by atoms with Gasteiger partial charge in [-0.15, -0.1) is 0 Å². The third-order valence-electron chi connectivity index (χ3n) is 2.40. The maximum Gasteiger partial charge on any atom is 0.118 e. The van der Waals surface area contributed by atoms with E-state index >= 15 is 0 Å². The van der Waals surface area contributed by atoms with Gasteiger partial charge in [-0.05, 0) is 45.9 Å². The molecule has 98 valence electrons. The number of rotatable bonds is 6. The molecular formula is C13H23NO2S. The molecule has 0 amide bonds. The molecule has 0 aliphatic heterocycles. The van der Waals surface area contributed by atoms with Crippen LogP contribution in [0.5, 0.6) is 0 Å². The third-order valence-corrected chi connectivity index (χ3v) is 4.31. The predicted octanol–water partition coefficient (Wildman–Crippen LogP) is 2.83. The maximum absolute atomic E-state index is 11.9. The van der Waals surface area contributed by atoms with Crippen molar-refractivity contribution in [2.75, 3.05) is 6.54 Å². The molecule has 1 aromatic rings. The van der Waals surface area contributed by atoms with Gasteiger partial charge in [-0.2, -0.15) is 0 Å². The van der Waals surface area contributed by atoms with Gasteiger partial charge in [0.25, 0.3) is 0 Å². The lowest BCUT2D eigenvalue weighted by atomic mass is 10.3. The summed E-state index contributed by atoms with van der Waals surface area (Å²) in [6, 6.07) is 3.88. The van der Waals surface area contributed by atoms with Crippen LogP contribution >= 0.6 is 0 Å². The summed E-state index contributed by atoms with van der Waals surface area (Å²) in [5.41, 5.74) is 0. The molecule has 0 fully saturated rings. The second kappa shape index (κ2) is 6.36. The minimum absolute atomic E-state index is 0.187. The molecule has 1 N–H and O–H groups in total. The van der Waals surface area contributed by atoms with E-state index in [1.54, 1.807) is 0 Å². The molecule has 3 nitrogen and oxygen atoms in total. The fourth-order valence-electron chi connectivity index (χ4n) is 1.33.